The highest BCUT2D eigenvalue weighted by atomic mass is 16.2. The summed E-state index contributed by atoms with van der Waals surface area (Å²) >= 11 is 0. The molecule has 1 heteroatoms. The van der Waals surface area contributed by atoms with Crippen molar-refractivity contribution in [2.45, 2.75) is 33.1 Å². The second-order valence-electron chi connectivity index (χ2n) is 5.12. The van der Waals surface area contributed by atoms with Crippen molar-refractivity contribution in [3.05, 3.63) is 48.6 Å². The predicted molar refractivity (Wildman–Crippen MR) is 74.8 cm³/mol. The second kappa shape index (κ2) is 7.29. The molecule has 0 amide bonds. The fourth-order valence-electron chi connectivity index (χ4n) is 1.93. The van der Waals surface area contributed by atoms with Gasteiger partial charge >= 0.3 is 0 Å². The minimum atomic E-state index is 0.151. The molecular formula is C16H24O. The van der Waals surface area contributed by atoms with Crippen molar-refractivity contribution in [1.29, 1.82) is 0 Å². The first-order valence-electron chi connectivity index (χ1n) is 6.47. The van der Waals surface area contributed by atoms with Gasteiger partial charge in [0.2, 0.25) is 0 Å². The quantitative estimate of drug-likeness (QED) is 0.541. The number of hydrogen-bond acceptors (Lipinski definition) is 1. The average Bonchev–Trinajstić information content (AvgIpc) is 2.57. The van der Waals surface area contributed by atoms with E-state index in [9.17, 15) is 0 Å². The highest BCUT2D eigenvalue weighted by molar-refractivity contribution is 5.23. The van der Waals surface area contributed by atoms with E-state index in [1.807, 2.05) is 0 Å². The zero-order valence-electron chi connectivity index (χ0n) is 11.0. The average molecular weight is 232 g/mol. The third kappa shape index (κ3) is 5.18. The minimum Gasteiger partial charge on any atom is -0.396 e. The van der Waals surface area contributed by atoms with Gasteiger partial charge in [-0.25, -0.2) is 0 Å². The molecule has 0 saturated carbocycles. The van der Waals surface area contributed by atoms with Crippen LogP contribution in [-0.2, 0) is 0 Å². The van der Waals surface area contributed by atoms with Crippen LogP contribution in [-0.4, -0.2) is 11.7 Å². The van der Waals surface area contributed by atoms with Gasteiger partial charge in [-0.3, -0.25) is 0 Å². The van der Waals surface area contributed by atoms with Crippen LogP contribution in [0.5, 0.6) is 0 Å². The molecule has 0 radical (unpaired) electrons. The van der Waals surface area contributed by atoms with E-state index in [0.29, 0.717) is 12.5 Å². The maximum atomic E-state index is 8.71. The summed E-state index contributed by atoms with van der Waals surface area (Å²) in [6, 6.07) is 0. The highest BCUT2D eigenvalue weighted by Crippen LogP contribution is 2.31. The lowest BCUT2D eigenvalue weighted by Crippen LogP contribution is -2.17. The molecule has 0 fully saturated rings. The van der Waals surface area contributed by atoms with Gasteiger partial charge in [-0.2, -0.15) is 0 Å². The van der Waals surface area contributed by atoms with Crippen molar-refractivity contribution < 1.29 is 5.11 Å². The summed E-state index contributed by atoms with van der Waals surface area (Å²) in [6.07, 6.45) is 20.4. The Labute approximate surface area is 105 Å². The molecule has 0 spiro atoms. The molecule has 0 bridgehead atoms. The maximum Gasteiger partial charge on any atom is 0.0431 e. The van der Waals surface area contributed by atoms with E-state index in [-0.39, 0.29) is 5.41 Å². The summed E-state index contributed by atoms with van der Waals surface area (Å²) < 4.78 is 0. The van der Waals surface area contributed by atoms with Crippen molar-refractivity contribution >= 4 is 0 Å². The lowest BCUT2D eigenvalue weighted by Gasteiger charge is -2.26. The van der Waals surface area contributed by atoms with Crippen molar-refractivity contribution in [2.75, 3.05) is 6.61 Å². The topological polar surface area (TPSA) is 20.2 Å². The molecule has 0 aliphatic heterocycles. The van der Waals surface area contributed by atoms with Crippen LogP contribution in [0.3, 0.4) is 0 Å². The molecule has 1 N–H and O–H groups in total. The number of unbranched alkanes of at least 4 members (excludes halogenated alkanes) is 2. The third-order valence-corrected chi connectivity index (χ3v) is 3.16. The molecule has 0 aromatic carbocycles. The molecule has 0 atom stereocenters. The van der Waals surface area contributed by atoms with Crippen molar-refractivity contribution in [3.63, 3.8) is 0 Å². The first-order valence-corrected chi connectivity index (χ1v) is 6.47. The largest absolute Gasteiger partial charge is 0.396 e. The van der Waals surface area contributed by atoms with Crippen LogP contribution < -0.4 is 0 Å². The van der Waals surface area contributed by atoms with E-state index >= 15 is 0 Å². The Morgan fingerprint density at radius 2 is 1.71 bits per heavy atom. The normalized spacial score (nSPS) is 16.9. The van der Waals surface area contributed by atoms with Crippen LogP contribution in [0.2, 0.25) is 0 Å². The first-order chi connectivity index (χ1) is 8.17. The Kier molecular flexibility index (Phi) is 5.99. The first kappa shape index (κ1) is 14.0. The van der Waals surface area contributed by atoms with Crippen LogP contribution in [0.15, 0.2) is 48.6 Å². The summed E-state index contributed by atoms with van der Waals surface area (Å²) in [6.45, 7) is 4.83. The molecular weight excluding hydrogens is 208 g/mol. The number of aliphatic hydroxyl groups is 1. The smallest absolute Gasteiger partial charge is 0.0431 e. The van der Waals surface area contributed by atoms with E-state index in [0.717, 1.165) is 19.3 Å². The number of aliphatic hydroxyl groups excluding tert-OH is 1. The Hall–Kier alpha value is -1.08. The molecule has 0 aromatic heterocycles. The van der Waals surface area contributed by atoms with Gasteiger partial charge in [-0.15, -0.1) is 0 Å². The standard InChI is InChI=1S/C16H24O/c1-16(2,13-9-5-6-10-14-17)15-11-7-3-4-8-12-15/h3-4,7-9,11-13,15,17H,5-6,10,14H2,1-2H3. The Morgan fingerprint density at radius 1 is 1.06 bits per heavy atom. The van der Waals surface area contributed by atoms with Crippen LogP contribution >= 0.6 is 0 Å². The zero-order valence-corrected chi connectivity index (χ0v) is 11.0. The third-order valence-electron chi connectivity index (χ3n) is 3.16. The lowest BCUT2D eigenvalue weighted by molar-refractivity contribution is 0.285. The SMILES string of the molecule is CC(C)(C=CCCCCO)C1C=CC=CC=C1. The van der Waals surface area contributed by atoms with Crippen molar-refractivity contribution in [3.8, 4) is 0 Å². The van der Waals surface area contributed by atoms with E-state index in [4.69, 9.17) is 5.11 Å². The van der Waals surface area contributed by atoms with Crippen LogP contribution in [0.4, 0.5) is 0 Å². The minimum absolute atomic E-state index is 0.151. The number of allylic oxidation sites excluding steroid dienone is 8. The lowest BCUT2D eigenvalue weighted by atomic mass is 9.78. The van der Waals surface area contributed by atoms with Gasteiger partial charge in [0.25, 0.3) is 0 Å². The fraction of sp³-hybridized carbons (Fsp3) is 0.500. The van der Waals surface area contributed by atoms with Gasteiger partial charge in [-0.1, -0.05) is 62.5 Å². The van der Waals surface area contributed by atoms with Gasteiger partial charge in [0, 0.05) is 12.5 Å². The van der Waals surface area contributed by atoms with Gasteiger partial charge < -0.3 is 5.11 Å². The van der Waals surface area contributed by atoms with Crippen LogP contribution in [0.1, 0.15) is 33.1 Å². The van der Waals surface area contributed by atoms with Gasteiger partial charge in [0.1, 0.15) is 0 Å². The molecule has 0 saturated heterocycles. The van der Waals surface area contributed by atoms with Gasteiger partial charge in [-0.05, 0) is 24.7 Å². The van der Waals surface area contributed by atoms with Crippen LogP contribution in [0, 0.1) is 11.3 Å². The number of rotatable bonds is 6. The van der Waals surface area contributed by atoms with Crippen molar-refractivity contribution in [1.82, 2.24) is 0 Å². The Bertz CT molecular complexity index is 302. The van der Waals surface area contributed by atoms with E-state index < -0.39 is 0 Å². The molecule has 1 nitrogen and oxygen atoms in total. The molecule has 1 aliphatic carbocycles. The van der Waals surface area contributed by atoms with E-state index in [1.54, 1.807) is 0 Å². The molecule has 0 heterocycles. The Balaban J connectivity index is 2.49. The highest BCUT2D eigenvalue weighted by Gasteiger charge is 2.22. The maximum absolute atomic E-state index is 8.71. The summed E-state index contributed by atoms with van der Waals surface area (Å²) in [7, 11) is 0. The molecule has 0 unspecified atom stereocenters. The molecule has 1 aliphatic rings. The summed E-state index contributed by atoms with van der Waals surface area (Å²) in [4.78, 5) is 0. The monoisotopic (exact) mass is 232 g/mol. The predicted octanol–water partition coefficient (Wildman–Crippen LogP) is 4.03. The number of hydrogen-bond donors (Lipinski definition) is 1. The molecule has 17 heavy (non-hydrogen) atoms. The molecule has 1 rings (SSSR count). The van der Waals surface area contributed by atoms with E-state index in [2.05, 4.69) is 62.5 Å². The summed E-state index contributed by atoms with van der Waals surface area (Å²) in [5, 5.41) is 8.71. The van der Waals surface area contributed by atoms with Crippen LogP contribution in [0.25, 0.3) is 0 Å². The van der Waals surface area contributed by atoms with Crippen molar-refractivity contribution in [2.24, 2.45) is 11.3 Å². The summed E-state index contributed by atoms with van der Waals surface area (Å²) in [5.41, 5.74) is 0.151. The molecule has 94 valence electrons. The fourth-order valence-corrected chi connectivity index (χ4v) is 1.93. The van der Waals surface area contributed by atoms with Gasteiger partial charge in [0.15, 0.2) is 0 Å². The summed E-state index contributed by atoms with van der Waals surface area (Å²) in [5.74, 6) is 0.451. The van der Waals surface area contributed by atoms with Gasteiger partial charge in [0.05, 0.1) is 0 Å². The Morgan fingerprint density at radius 3 is 2.29 bits per heavy atom. The molecule has 0 aromatic rings. The van der Waals surface area contributed by atoms with E-state index in [1.165, 1.54) is 0 Å². The second-order valence-corrected chi connectivity index (χ2v) is 5.12. The zero-order chi connectivity index (χ0) is 12.6.